The molecule has 0 spiro atoms. The minimum atomic E-state index is 0.557. The summed E-state index contributed by atoms with van der Waals surface area (Å²) in [5.41, 5.74) is 7.89. The second-order valence-electron chi connectivity index (χ2n) is 4.76. The second-order valence-corrected chi connectivity index (χ2v) is 4.76. The normalized spacial score (nSPS) is 25.1. The number of pyridine rings is 1. The van der Waals surface area contributed by atoms with E-state index in [0.717, 1.165) is 17.2 Å². The van der Waals surface area contributed by atoms with E-state index in [0.29, 0.717) is 12.1 Å². The molecule has 1 aliphatic rings. The zero-order valence-electron chi connectivity index (χ0n) is 10.4. The van der Waals surface area contributed by atoms with Crippen LogP contribution in [0.3, 0.4) is 0 Å². The Morgan fingerprint density at radius 2 is 2.19 bits per heavy atom. The van der Waals surface area contributed by atoms with Gasteiger partial charge in [-0.3, -0.25) is 0 Å². The molecule has 0 aliphatic carbocycles. The zero-order chi connectivity index (χ0) is 11.7. The number of hydrogen-bond acceptors (Lipinski definition) is 3. The lowest BCUT2D eigenvalue weighted by Crippen LogP contribution is -2.35. The molecule has 2 rings (SSSR count). The average Bonchev–Trinajstić information content (AvgIpc) is 2.63. The summed E-state index contributed by atoms with van der Waals surface area (Å²) in [7, 11) is 0. The van der Waals surface area contributed by atoms with Crippen molar-refractivity contribution in [1.29, 1.82) is 0 Å². The number of nitrogens with two attached hydrogens (primary N) is 1. The molecule has 0 radical (unpaired) electrons. The monoisotopic (exact) mass is 219 g/mol. The Balaban J connectivity index is 2.37. The Hall–Kier alpha value is -1.25. The van der Waals surface area contributed by atoms with Gasteiger partial charge in [-0.05, 0) is 45.2 Å². The molecule has 0 amide bonds. The molecule has 1 aromatic rings. The van der Waals surface area contributed by atoms with E-state index in [9.17, 15) is 0 Å². The SMILES string of the molecule is CCC1CCC(C)N1c1nc(C)ccc1N. The molecule has 1 aliphatic heterocycles. The van der Waals surface area contributed by atoms with Crippen molar-refractivity contribution in [1.82, 2.24) is 4.98 Å². The van der Waals surface area contributed by atoms with E-state index >= 15 is 0 Å². The molecule has 2 heterocycles. The fourth-order valence-electron chi connectivity index (χ4n) is 2.61. The maximum Gasteiger partial charge on any atom is 0.152 e. The van der Waals surface area contributed by atoms with Crippen molar-refractivity contribution in [2.24, 2.45) is 0 Å². The summed E-state index contributed by atoms with van der Waals surface area (Å²) in [4.78, 5) is 7.01. The minimum Gasteiger partial charge on any atom is -0.396 e. The molecule has 2 unspecified atom stereocenters. The van der Waals surface area contributed by atoms with Crippen LogP contribution in [0.1, 0.15) is 38.8 Å². The lowest BCUT2D eigenvalue weighted by Gasteiger charge is -2.30. The van der Waals surface area contributed by atoms with Crippen LogP contribution in [0.25, 0.3) is 0 Å². The summed E-state index contributed by atoms with van der Waals surface area (Å²) >= 11 is 0. The van der Waals surface area contributed by atoms with Crippen LogP contribution in [0.15, 0.2) is 12.1 Å². The highest BCUT2D eigenvalue weighted by Gasteiger charge is 2.31. The molecule has 0 aromatic carbocycles. The number of aryl methyl sites for hydroxylation is 1. The van der Waals surface area contributed by atoms with Crippen LogP contribution in [0.2, 0.25) is 0 Å². The molecule has 1 saturated heterocycles. The van der Waals surface area contributed by atoms with Gasteiger partial charge in [0.2, 0.25) is 0 Å². The van der Waals surface area contributed by atoms with Crippen LogP contribution in [0.4, 0.5) is 11.5 Å². The first-order valence-corrected chi connectivity index (χ1v) is 6.15. The van der Waals surface area contributed by atoms with Crippen LogP contribution in [0.5, 0.6) is 0 Å². The molecule has 88 valence electrons. The standard InChI is InChI=1S/C13H21N3/c1-4-11-7-6-10(3)16(11)13-12(14)8-5-9(2)15-13/h5,8,10-11H,4,6-7,14H2,1-3H3. The Morgan fingerprint density at radius 1 is 1.44 bits per heavy atom. The number of rotatable bonds is 2. The van der Waals surface area contributed by atoms with Gasteiger partial charge in [0.25, 0.3) is 0 Å². The fourth-order valence-corrected chi connectivity index (χ4v) is 2.61. The predicted molar refractivity (Wildman–Crippen MR) is 68.6 cm³/mol. The first-order chi connectivity index (χ1) is 7.63. The van der Waals surface area contributed by atoms with Crippen LogP contribution in [0, 0.1) is 6.92 Å². The summed E-state index contributed by atoms with van der Waals surface area (Å²) in [6, 6.07) is 5.10. The molecule has 3 heteroatoms. The number of aromatic nitrogens is 1. The highest BCUT2D eigenvalue weighted by atomic mass is 15.3. The fraction of sp³-hybridized carbons (Fsp3) is 0.615. The highest BCUT2D eigenvalue weighted by Crippen LogP contribution is 2.33. The van der Waals surface area contributed by atoms with Crippen molar-refractivity contribution in [3.05, 3.63) is 17.8 Å². The molecule has 2 atom stereocenters. The van der Waals surface area contributed by atoms with Crippen molar-refractivity contribution >= 4 is 11.5 Å². The second kappa shape index (κ2) is 4.32. The van der Waals surface area contributed by atoms with Gasteiger partial charge in [0, 0.05) is 17.8 Å². The summed E-state index contributed by atoms with van der Waals surface area (Å²) in [5.74, 6) is 0.983. The zero-order valence-corrected chi connectivity index (χ0v) is 10.4. The number of hydrogen-bond donors (Lipinski definition) is 1. The third-order valence-electron chi connectivity index (χ3n) is 3.55. The molecule has 16 heavy (non-hydrogen) atoms. The summed E-state index contributed by atoms with van der Waals surface area (Å²) in [6.07, 6.45) is 3.67. The minimum absolute atomic E-state index is 0.557. The third kappa shape index (κ3) is 1.86. The van der Waals surface area contributed by atoms with Crippen LogP contribution < -0.4 is 10.6 Å². The van der Waals surface area contributed by atoms with Gasteiger partial charge in [0.15, 0.2) is 5.82 Å². The summed E-state index contributed by atoms with van der Waals surface area (Å²) in [6.45, 7) is 6.52. The van der Waals surface area contributed by atoms with Gasteiger partial charge in [0.05, 0.1) is 5.69 Å². The third-order valence-corrected chi connectivity index (χ3v) is 3.55. The summed E-state index contributed by atoms with van der Waals surface area (Å²) in [5, 5.41) is 0. The molecular formula is C13H21N3. The average molecular weight is 219 g/mol. The maximum atomic E-state index is 6.04. The van der Waals surface area contributed by atoms with Gasteiger partial charge in [-0.2, -0.15) is 0 Å². The highest BCUT2D eigenvalue weighted by molar-refractivity contribution is 5.64. The first kappa shape index (κ1) is 11.2. The molecule has 0 bridgehead atoms. The van der Waals surface area contributed by atoms with Gasteiger partial charge in [-0.1, -0.05) is 6.92 Å². The molecule has 3 nitrogen and oxygen atoms in total. The van der Waals surface area contributed by atoms with Crippen LogP contribution in [-0.2, 0) is 0 Å². The molecule has 0 saturated carbocycles. The Bertz CT molecular complexity index is 375. The summed E-state index contributed by atoms with van der Waals surface area (Å²) < 4.78 is 0. The van der Waals surface area contributed by atoms with E-state index < -0.39 is 0 Å². The Kier molecular flexibility index (Phi) is 3.03. The molecule has 2 N–H and O–H groups in total. The van der Waals surface area contributed by atoms with Crippen molar-refractivity contribution in [3.63, 3.8) is 0 Å². The Morgan fingerprint density at radius 3 is 2.88 bits per heavy atom. The van der Waals surface area contributed by atoms with Crippen LogP contribution in [-0.4, -0.2) is 17.1 Å². The van der Waals surface area contributed by atoms with E-state index in [-0.39, 0.29) is 0 Å². The van der Waals surface area contributed by atoms with Gasteiger partial charge in [-0.15, -0.1) is 0 Å². The first-order valence-electron chi connectivity index (χ1n) is 6.15. The van der Waals surface area contributed by atoms with E-state index in [1.807, 2.05) is 19.1 Å². The van der Waals surface area contributed by atoms with E-state index in [4.69, 9.17) is 5.73 Å². The van der Waals surface area contributed by atoms with Gasteiger partial charge in [0.1, 0.15) is 0 Å². The number of anilines is 2. The molecule has 1 fully saturated rings. The van der Waals surface area contributed by atoms with E-state index in [1.165, 1.54) is 19.3 Å². The topological polar surface area (TPSA) is 42.2 Å². The van der Waals surface area contributed by atoms with Crippen molar-refractivity contribution in [2.75, 3.05) is 10.6 Å². The predicted octanol–water partition coefficient (Wildman–Crippen LogP) is 2.74. The molecule has 1 aromatic heterocycles. The van der Waals surface area contributed by atoms with Gasteiger partial charge >= 0.3 is 0 Å². The maximum absolute atomic E-state index is 6.04. The Labute approximate surface area is 97.7 Å². The van der Waals surface area contributed by atoms with Crippen molar-refractivity contribution in [2.45, 2.75) is 52.1 Å². The van der Waals surface area contributed by atoms with E-state index in [2.05, 4.69) is 23.7 Å². The van der Waals surface area contributed by atoms with Gasteiger partial charge in [-0.25, -0.2) is 4.98 Å². The van der Waals surface area contributed by atoms with Crippen molar-refractivity contribution in [3.8, 4) is 0 Å². The lowest BCUT2D eigenvalue weighted by atomic mass is 10.1. The lowest BCUT2D eigenvalue weighted by molar-refractivity contribution is 0.621. The quantitative estimate of drug-likeness (QED) is 0.831. The van der Waals surface area contributed by atoms with E-state index in [1.54, 1.807) is 0 Å². The largest absolute Gasteiger partial charge is 0.396 e. The number of nitrogens with zero attached hydrogens (tertiary/aromatic N) is 2. The smallest absolute Gasteiger partial charge is 0.152 e. The van der Waals surface area contributed by atoms with Crippen molar-refractivity contribution < 1.29 is 0 Å². The van der Waals surface area contributed by atoms with Gasteiger partial charge < -0.3 is 10.6 Å². The van der Waals surface area contributed by atoms with Crippen LogP contribution >= 0.6 is 0 Å². The number of nitrogen functional groups attached to an aromatic ring is 1. The molecular weight excluding hydrogens is 198 g/mol.